The van der Waals surface area contributed by atoms with E-state index in [9.17, 15) is 4.39 Å². The summed E-state index contributed by atoms with van der Waals surface area (Å²) in [5.74, 6) is 4.96. The van der Waals surface area contributed by atoms with E-state index in [1.54, 1.807) is 0 Å². The van der Waals surface area contributed by atoms with Crippen LogP contribution in [0.5, 0.6) is 0 Å². The van der Waals surface area contributed by atoms with Gasteiger partial charge in [-0.2, -0.15) is 23.5 Å². The molecule has 0 aromatic carbocycles. The topological polar surface area (TPSA) is 24.1 Å². The predicted molar refractivity (Wildman–Crippen MR) is 82.2 cm³/mol. The number of alkyl halides is 1. The van der Waals surface area contributed by atoms with E-state index in [1.807, 2.05) is 23.5 Å². The predicted octanol–water partition coefficient (Wildman–Crippen LogP) is 1.97. The molecule has 2 nitrogen and oxygen atoms in total. The van der Waals surface area contributed by atoms with Crippen LogP contribution in [-0.4, -0.2) is 54.4 Å². The summed E-state index contributed by atoms with van der Waals surface area (Å²) in [5.41, 5.74) is 0. The number of thioether (sulfide) groups is 2. The summed E-state index contributed by atoms with van der Waals surface area (Å²) in [4.78, 5) is 0. The third-order valence-electron chi connectivity index (χ3n) is 2.83. The molecule has 2 fully saturated rings. The Morgan fingerprint density at radius 1 is 1.18 bits per heavy atom. The maximum atomic E-state index is 12.9. The van der Waals surface area contributed by atoms with Crippen molar-refractivity contribution in [3.63, 3.8) is 0 Å². The highest BCUT2D eigenvalue weighted by molar-refractivity contribution is 8.03. The van der Waals surface area contributed by atoms with Crippen LogP contribution in [0.15, 0.2) is 0 Å². The molecule has 2 saturated heterocycles. The Balaban J connectivity index is 0.00000128. The molecule has 17 heavy (non-hydrogen) atoms. The molecule has 2 aliphatic heterocycles. The molecule has 7 heteroatoms. The van der Waals surface area contributed by atoms with Crippen LogP contribution in [0.4, 0.5) is 4.39 Å². The van der Waals surface area contributed by atoms with E-state index in [-0.39, 0.29) is 24.8 Å². The molecule has 0 aliphatic carbocycles. The zero-order valence-corrected chi connectivity index (χ0v) is 13.0. The molecule has 0 bridgehead atoms. The van der Waals surface area contributed by atoms with Crippen LogP contribution in [-0.2, 0) is 0 Å². The monoisotopic (exact) mass is 322 g/mol. The molecule has 2 atom stereocenters. The molecule has 2 heterocycles. The van der Waals surface area contributed by atoms with Crippen molar-refractivity contribution in [1.82, 2.24) is 10.6 Å². The van der Waals surface area contributed by atoms with E-state index in [4.69, 9.17) is 0 Å². The summed E-state index contributed by atoms with van der Waals surface area (Å²) in [6.45, 7) is 1.46. The lowest BCUT2D eigenvalue weighted by Gasteiger charge is -2.18. The highest BCUT2D eigenvalue weighted by Gasteiger charge is 2.24. The van der Waals surface area contributed by atoms with E-state index >= 15 is 0 Å². The minimum absolute atomic E-state index is 0. The van der Waals surface area contributed by atoms with Crippen molar-refractivity contribution in [2.75, 3.05) is 36.1 Å². The average molecular weight is 323 g/mol. The Morgan fingerprint density at radius 3 is 2.35 bits per heavy atom. The lowest BCUT2D eigenvalue weighted by Crippen LogP contribution is -2.41. The Kier molecular flexibility index (Phi) is 10.6. The summed E-state index contributed by atoms with van der Waals surface area (Å²) in [6.07, 6.45) is 0.0506. The second-order valence-corrected chi connectivity index (χ2v) is 6.49. The lowest BCUT2D eigenvalue weighted by atomic mass is 10.2. The van der Waals surface area contributed by atoms with Crippen molar-refractivity contribution in [3.05, 3.63) is 0 Å². The van der Waals surface area contributed by atoms with Gasteiger partial charge in [-0.1, -0.05) is 0 Å². The fourth-order valence-corrected chi connectivity index (χ4v) is 4.44. The molecule has 0 amide bonds. The lowest BCUT2D eigenvalue weighted by molar-refractivity contribution is 0.353. The number of nitrogens with one attached hydrogen (secondary N) is 2. The number of hydrogen-bond donors (Lipinski definition) is 2. The molecular formula is C10H21Cl2FN2S2. The van der Waals surface area contributed by atoms with Crippen LogP contribution in [0.25, 0.3) is 0 Å². The smallest absolute Gasteiger partial charge is 0.114 e. The van der Waals surface area contributed by atoms with Crippen molar-refractivity contribution in [3.8, 4) is 0 Å². The number of rotatable bonds is 3. The van der Waals surface area contributed by atoms with Gasteiger partial charge in [0, 0.05) is 48.2 Å². The van der Waals surface area contributed by atoms with Gasteiger partial charge in [0.1, 0.15) is 6.17 Å². The quantitative estimate of drug-likeness (QED) is 0.829. The van der Waals surface area contributed by atoms with Gasteiger partial charge < -0.3 is 10.6 Å². The fraction of sp³-hybridized carbons (Fsp3) is 1.00. The highest BCUT2D eigenvalue weighted by Crippen LogP contribution is 2.17. The molecule has 2 aliphatic rings. The maximum Gasteiger partial charge on any atom is 0.114 e. The zero-order chi connectivity index (χ0) is 10.5. The van der Waals surface area contributed by atoms with Crippen LogP contribution < -0.4 is 10.6 Å². The first-order valence-corrected chi connectivity index (χ1v) is 7.92. The van der Waals surface area contributed by atoms with E-state index < -0.39 is 6.17 Å². The number of halogens is 3. The van der Waals surface area contributed by atoms with Gasteiger partial charge in [0.05, 0.1) is 0 Å². The van der Waals surface area contributed by atoms with Crippen molar-refractivity contribution in [2.45, 2.75) is 24.7 Å². The second kappa shape index (κ2) is 9.98. The van der Waals surface area contributed by atoms with Crippen LogP contribution in [0.2, 0.25) is 0 Å². The Morgan fingerprint density at radius 2 is 1.82 bits per heavy atom. The van der Waals surface area contributed by atoms with E-state index in [2.05, 4.69) is 10.6 Å². The molecule has 2 rings (SSSR count). The maximum absolute atomic E-state index is 12.9. The fourth-order valence-electron chi connectivity index (χ4n) is 1.97. The normalized spacial score (nSPS) is 30.2. The molecule has 0 aromatic heterocycles. The summed E-state index contributed by atoms with van der Waals surface area (Å²) >= 11 is 4.06. The first-order chi connectivity index (χ1) is 7.34. The second-order valence-electron chi connectivity index (χ2n) is 4.19. The first kappa shape index (κ1) is 18.1. The largest absolute Gasteiger partial charge is 0.311 e. The van der Waals surface area contributed by atoms with Crippen molar-refractivity contribution in [1.29, 1.82) is 0 Å². The van der Waals surface area contributed by atoms with Crippen LogP contribution in [0.3, 0.4) is 0 Å². The molecule has 0 radical (unpaired) electrons. The van der Waals surface area contributed by atoms with Crippen molar-refractivity contribution in [2.24, 2.45) is 0 Å². The summed E-state index contributed by atoms with van der Waals surface area (Å²) in [5, 5.41) is 6.76. The molecule has 0 spiro atoms. The van der Waals surface area contributed by atoms with Crippen LogP contribution in [0, 0.1) is 0 Å². The van der Waals surface area contributed by atoms with Gasteiger partial charge in [0.25, 0.3) is 0 Å². The minimum atomic E-state index is -0.630. The zero-order valence-electron chi connectivity index (χ0n) is 9.69. The van der Waals surface area contributed by atoms with Gasteiger partial charge in [0.15, 0.2) is 0 Å². The molecule has 2 N–H and O–H groups in total. The van der Waals surface area contributed by atoms with Gasteiger partial charge in [-0.05, 0) is 6.42 Å². The van der Waals surface area contributed by atoms with E-state index in [0.29, 0.717) is 25.0 Å². The van der Waals surface area contributed by atoms with Crippen LogP contribution in [0.1, 0.15) is 6.42 Å². The van der Waals surface area contributed by atoms with Gasteiger partial charge in [0.2, 0.25) is 0 Å². The molecule has 0 aromatic rings. The SMILES string of the molecule is Cl.Cl.F[C@@H]1CN[C@H](CNC2CSCCSC2)C1. The minimum Gasteiger partial charge on any atom is -0.311 e. The Labute approximate surface area is 124 Å². The van der Waals surface area contributed by atoms with Gasteiger partial charge in [-0.3, -0.25) is 0 Å². The number of hydrogen-bond acceptors (Lipinski definition) is 4. The van der Waals surface area contributed by atoms with E-state index in [1.165, 1.54) is 23.0 Å². The summed E-state index contributed by atoms with van der Waals surface area (Å²) in [6, 6.07) is 0.959. The summed E-state index contributed by atoms with van der Waals surface area (Å²) in [7, 11) is 0. The third kappa shape index (κ3) is 6.73. The average Bonchev–Trinajstić information content (AvgIpc) is 2.52. The summed E-state index contributed by atoms with van der Waals surface area (Å²) < 4.78 is 12.9. The van der Waals surface area contributed by atoms with Gasteiger partial charge in [-0.15, -0.1) is 24.8 Å². The standard InChI is InChI=1S/C10H19FN2S2.2ClH/c11-8-3-9(12-4-8)5-13-10-6-14-1-2-15-7-10;;/h8-10,12-13H,1-7H2;2*1H/t8-,9-;;/m0../s1. The first-order valence-electron chi connectivity index (χ1n) is 5.61. The highest BCUT2D eigenvalue weighted by atomic mass is 35.5. The Hall–Kier alpha value is 1.13. The van der Waals surface area contributed by atoms with Crippen molar-refractivity contribution < 1.29 is 4.39 Å². The third-order valence-corrected chi connectivity index (χ3v) is 5.35. The van der Waals surface area contributed by atoms with E-state index in [0.717, 1.165) is 6.54 Å². The van der Waals surface area contributed by atoms with Gasteiger partial charge in [-0.25, -0.2) is 4.39 Å². The van der Waals surface area contributed by atoms with Crippen LogP contribution >= 0.6 is 48.3 Å². The molecular weight excluding hydrogens is 302 g/mol. The van der Waals surface area contributed by atoms with Crippen molar-refractivity contribution >= 4 is 48.3 Å². The molecule has 104 valence electrons. The van der Waals surface area contributed by atoms with Gasteiger partial charge >= 0.3 is 0 Å². The molecule has 0 unspecified atom stereocenters. The molecule has 0 saturated carbocycles. The Bertz CT molecular complexity index is 195.